The van der Waals surface area contributed by atoms with Crippen molar-refractivity contribution in [3.8, 4) is 5.75 Å². The van der Waals surface area contributed by atoms with Gasteiger partial charge in [-0.05, 0) is 23.8 Å². The molecule has 1 unspecified atom stereocenters. The molecule has 2 N–H and O–H groups in total. The van der Waals surface area contributed by atoms with Crippen LogP contribution < -0.4 is 15.4 Å². The van der Waals surface area contributed by atoms with Crippen LogP contribution in [0.1, 0.15) is 17.2 Å². The van der Waals surface area contributed by atoms with E-state index in [0.29, 0.717) is 38.9 Å². The third-order valence-corrected chi connectivity index (χ3v) is 5.20. The van der Waals surface area contributed by atoms with Crippen molar-refractivity contribution in [1.29, 1.82) is 0 Å². The average molecular weight is 554 g/mol. The number of aliphatic imine (C=N–C) groups is 1. The van der Waals surface area contributed by atoms with Crippen LogP contribution in [0.5, 0.6) is 5.75 Å². The molecular formula is C24H32FIN4O2. The first-order valence-electron chi connectivity index (χ1n) is 10.5. The van der Waals surface area contributed by atoms with Gasteiger partial charge < -0.3 is 20.1 Å². The smallest absolute Gasteiger partial charge is 0.191 e. The summed E-state index contributed by atoms with van der Waals surface area (Å²) in [4.78, 5) is 6.71. The molecule has 174 valence electrons. The van der Waals surface area contributed by atoms with Crippen molar-refractivity contribution in [1.82, 2.24) is 15.5 Å². The lowest BCUT2D eigenvalue weighted by atomic mass is 10.0. The van der Waals surface area contributed by atoms with Gasteiger partial charge >= 0.3 is 0 Å². The molecule has 0 bridgehead atoms. The monoisotopic (exact) mass is 554 g/mol. The molecule has 0 aromatic heterocycles. The number of benzene rings is 2. The lowest BCUT2D eigenvalue weighted by molar-refractivity contribution is 0.0170. The van der Waals surface area contributed by atoms with Crippen LogP contribution >= 0.6 is 24.0 Å². The molecule has 0 amide bonds. The van der Waals surface area contributed by atoms with E-state index in [1.165, 1.54) is 12.1 Å². The Morgan fingerprint density at radius 2 is 1.91 bits per heavy atom. The van der Waals surface area contributed by atoms with Crippen LogP contribution in [0, 0.1) is 5.82 Å². The van der Waals surface area contributed by atoms with Crippen molar-refractivity contribution < 1.29 is 13.9 Å². The van der Waals surface area contributed by atoms with E-state index in [2.05, 4.69) is 27.1 Å². The zero-order valence-corrected chi connectivity index (χ0v) is 20.8. The molecule has 0 spiro atoms. The molecule has 0 aliphatic carbocycles. The lowest BCUT2D eigenvalue weighted by Crippen LogP contribution is -2.46. The van der Waals surface area contributed by atoms with Crippen LogP contribution in [0.15, 0.2) is 66.2 Å². The van der Waals surface area contributed by atoms with Gasteiger partial charge in [0.05, 0.1) is 19.3 Å². The fraction of sp³-hybridized carbons (Fsp3) is 0.375. The number of nitrogens with one attached hydrogen (secondary N) is 2. The van der Waals surface area contributed by atoms with Crippen molar-refractivity contribution >= 4 is 29.9 Å². The van der Waals surface area contributed by atoms with Crippen molar-refractivity contribution in [2.24, 2.45) is 4.99 Å². The summed E-state index contributed by atoms with van der Waals surface area (Å²) in [5.41, 5.74) is 2.10. The molecule has 3 rings (SSSR count). The third-order valence-electron chi connectivity index (χ3n) is 5.20. The summed E-state index contributed by atoms with van der Waals surface area (Å²) in [5, 5.41) is 6.77. The molecule has 6 nitrogen and oxygen atoms in total. The molecule has 1 atom stereocenters. The lowest BCUT2D eigenvalue weighted by Gasteiger charge is -2.35. The van der Waals surface area contributed by atoms with Gasteiger partial charge in [-0.3, -0.25) is 9.89 Å². The summed E-state index contributed by atoms with van der Waals surface area (Å²) in [7, 11) is 1.75. The first-order chi connectivity index (χ1) is 15.2. The standard InChI is InChI=1S/C24H31FN4O2.HI/c1-3-14-31-23-7-5-4-6-20(23)17-27-24(26-2)28-18-22(29-12-15-30-16-13-29)19-8-10-21(25)11-9-19;/h3-11,22H,1,12-18H2,2H3,(H2,26,27,28);1H. The zero-order chi connectivity index (χ0) is 21.9. The second-order valence-corrected chi connectivity index (χ2v) is 7.23. The van der Waals surface area contributed by atoms with E-state index in [-0.39, 0.29) is 35.8 Å². The van der Waals surface area contributed by atoms with E-state index in [4.69, 9.17) is 9.47 Å². The molecular weight excluding hydrogens is 522 g/mol. The molecule has 1 aliphatic heterocycles. The van der Waals surface area contributed by atoms with E-state index in [9.17, 15) is 4.39 Å². The summed E-state index contributed by atoms with van der Waals surface area (Å²) in [5.74, 6) is 1.29. The number of para-hydroxylation sites is 1. The molecule has 32 heavy (non-hydrogen) atoms. The summed E-state index contributed by atoms with van der Waals surface area (Å²) >= 11 is 0. The Labute approximate surface area is 206 Å². The molecule has 1 heterocycles. The Hall–Kier alpha value is -2.17. The predicted molar refractivity (Wildman–Crippen MR) is 137 cm³/mol. The highest BCUT2D eigenvalue weighted by atomic mass is 127. The number of hydrogen-bond acceptors (Lipinski definition) is 4. The first-order valence-corrected chi connectivity index (χ1v) is 10.5. The minimum absolute atomic E-state index is 0. The number of ether oxygens (including phenoxy) is 2. The van der Waals surface area contributed by atoms with Gasteiger partial charge in [-0.2, -0.15) is 0 Å². The topological polar surface area (TPSA) is 58.1 Å². The Bertz CT molecular complexity index is 857. The fourth-order valence-corrected chi connectivity index (χ4v) is 3.56. The zero-order valence-electron chi connectivity index (χ0n) is 18.4. The number of rotatable bonds is 9. The molecule has 2 aromatic rings. The van der Waals surface area contributed by atoms with Crippen LogP contribution in [0.3, 0.4) is 0 Å². The summed E-state index contributed by atoms with van der Waals surface area (Å²) in [6.07, 6.45) is 1.73. The van der Waals surface area contributed by atoms with Crippen LogP contribution in [0.4, 0.5) is 4.39 Å². The van der Waals surface area contributed by atoms with E-state index in [0.717, 1.165) is 30.0 Å². The van der Waals surface area contributed by atoms with Gasteiger partial charge in [0.25, 0.3) is 0 Å². The predicted octanol–water partition coefficient (Wildman–Crippen LogP) is 3.75. The summed E-state index contributed by atoms with van der Waals surface area (Å²) in [6.45, 7) is 8.45. The first kappa shape index (κ1) is 26.1. The van der Waals surface area contributed by atoms with E-state index in [1.807, 2.05) is 36.4 Å². The molecule has 1 fully saturated rings. The van der Waals surface area contributed by atoms with Crippen molar-refractivity contribution in [2.45, 2.75) is 12.6 Å². The molecule has 8 heteroatoms. The van der Waals surface area contributed by atoms with Gasteiger partial charge in [0.2, 0.25) is 0 Å². The number of morpholine rings is 1. The third kappa shape index (κ3) is 7.75. The van der Waals surface area contributed by atoms with Crippen LogP contribution in [-0.2, 0) is 11.3 Å². The molecule has 1 saturated heterocycles. The summed E-state index contributed by atoms with van der Waals surface area (Å²) < 4.78 is 24.7. The Morgan fingerprint density at radius 3 is 2.59 bits per heavy atom. The number of hydrogen-bond donors (Lipinski definition) is 2. The van der Waals surface area contributed by atoms with Crippen molar-refractivity contribution in [3.63, 3.8) is 0 Å². The second-order valence-electron chi connectivity index (χ2n) is 7.23. The van der Waals surface area contributed by atoms with E-state index < -0.39 is 0 Å². The number of nitrogens with zero attached hydrogens (tertiary/aromatic N) is 2. The van der Waals surface area contributed by atoms with Crippen molar-refractivity contribution in [3.05, 3.63) is 78.1 Å². The maximum Gasteiger partial charge on any atom is 0.191 e. The Balaban J connectivity index is 0.00000363. The maximum atomic E-state index is 13.4. The Kier molecular flexibility index (Phi) is 11.5. The van der Waals surface area contributed by atoms with Crippen LogP contribution in [0.2, 0.25) is 0 Å². The SMILES string of the molecule is C=CCOc1ccccc1CNC(=NC)NCC(c1ccc(F)cc1)N1CCOCC1.I. The minimum Gasteiger partial charge on any atom is -0.489 e. The second kappa shape index (κ2) is 14.1. The number of guanidine groups is 1. The quantitative estimate of drug-likeness (QED) is 0.214. The van der Waals surface area contributed by atoms with Gasteiger partial charge in [0.15, 0.2) is 5.96 Å². The van der Waals surface area contributed by atoms with Crippen molar-refractivity contribution in [2.75, 3.05) is 46.5 Å². The molecule has 2 aromatic carbocycles. The minimum atomic E-state index is -0.229. The Morgan fingerprint density at radius 1 is 1.19 bits per heavy atom. The van der Waals surface area contributed by atoms with Gasteiger partial charge in [-0.1, -0.05) is 43.0 Å². The van der Waals surface area contributed by atoms with E-state index >= 15 is 0 Å². The summed E-state index contributed by atoms with van der Waals surface area (Å²) in [6, 6.07) is 14.7. The van der Waals surface area contributed by atoms with Gasteiger partial charge in [0.1, 0.15) is 18.2 Å². The molecule has 1 aliphatic rings. The van der Waals surface area contributed by atoms with Gasteiger partial charge in [-0.25, -0.2) is 4.39 Å². The number of halogens is 2. The van der Waals surface area contributed by atoms with Gasteiger partial charge in [-0.15, -0.1) is 24.0 Å². The maximum absolute atomic E-state index is 13.4. The highest BCUT2D eigenvalue weighted by molar-refractivity contribution is 14.0. The normalized spacial score (nSPS) is 15.4. The fourth-order valence-electron chi connectivity index (χ4n) is 3.56. The molecule has 0 radical (unpaired) electrons. The average Bonchev–Trinajstić information content (AvgIpc) is 2.82. The molecule has 0 saturated carbocycles. The highest BCUT2D eigenvalue weighted by Gasteiger charge is 2.23. The largest absolute Gasteiger partial charge is 0.489 e. The van der Waals surface area contributed by atoms with Gasteiger partial charge in [0, 0.05) is 38.8 Å². The van der Waals surface area contributed by atoms with Crippen LogP contribution in [0.25, 0.3) is 0 Å². The van der Waals surface area contributed by atoms with E-state index in [1.54, 1.807) is 13.1 Å². The van der Waals surface area contributed by atoms with Crippen LogP contribution in [-0.4, -0.2) is 57.4 Å². The highest BCUT2D eigenvalue weighted by Crippen LogP contribution is 2.22.